The third kappa shape index (κ3) is 1.72. The Morgan fingerprint density at radius 2 is 0.397 bits per heavy atom. The molecule has 1 fully saturated rings. The Morgan fingerprint density at radius 3 is 0.603 bits per heavy atom. The summed E-state index contributed by atoms with van der Waals surface area (Å²) in [5.41, 5.74) is 6.91. The second-order valence-corrected chi connectivity index (χ2v) is 29.4. The van der Waals surface area contributed by atoms with Crippen molar-refractivity contribution in [3.63, 3.8) is 0 Å². The van der Waals surface area contributed by atoms with E-state index in [1.165, 1.54) is 56.6 Å². The van der Waals surface area contributed by atoms with Gasteiger partial charge in [-0.2, -0.15) is 0 Å². The minimum atomic E-state index is -0.163. The van der Waals surface area contributed by atoms with Crippen LogP contribution in [0.3, 0.4) is 0 Å². The standard InChI is InChI=1S/C70H21NS2/c1-2-3-9-72-73-10-7-5-4-6-8-71-69-65-57-49-39-29-21-13-11-12-15-19-17(13)25-33-27(19)37-31-23(15)24-16(12)20-18-14(11)22(21)30-36-26(18)34-28(20)38-32(24)42-41(31)51-45(37)55-47(33)53(43(49)35(25)29)61(65)63(55)67-59(51)60-52(42)46(38)56-48(34)54-44(36)50(40(30)39)58(57)66(69)62(54)64(56)68(60)70(67,69)71/h2-10H2,1H3. The van der Waals surface area contributed by atoms with Crippen LogP contribution < -0.4 is 0 Å². The van der Waals surface area contributed by atoms with Crippen molar-refractivity contribution in [2.24, 2.45) is 0 Å². The predicted octanol–water partition coefficient (Wildman–Crippen LogP) is 20.3. The molecule has 1 nitrogen and oxygen atoms in total. The van der Waals surface area contributed by atoms with Gasteiger partial charge in [-0.3, -0.25) is 4.90 Å². The molecule has 1 saturated heterocycles. The lowest BCUT2D eigenvalue weighted by molar-refractivity contribution is 0.410. The third-order valence-corrected chi connectivity index (χ3v) is 28.6. The van der Waals surface area contributed by atoms with Gasteiger partial charge in [-0.05, 0) is 332 Å². The quantitative estimate of drug-likeness (QED) is 0.0550. The molecule has 2 spiro atoms. The van der Waals surface area contributed by atoms with Gasteiger partial charge in [-0.25, -0.2) is 0 Å². The highest BCUT2D eigenvalue weighted by Crippen LogP contribution is 2.90. The van der Waals surface area contributed by atoms with E-state index in [4.69, 9.17) is 0 Å². The van der Waals surface area contributed by atoms with E-state index in [0.29, 0.717) is 0 Å². The number of benzene rings is 18. The lowest BCUT2D eigenvalue weighted by atomic mass is 9.68. The first-order chi connectivity index (χ1) is 36.4. The minimum absolute atomic E-state index is 0.163. The summed E-state index contributed by atoms with van der Waals surface area (Å²) >= 11 is 0. The van der Waals surface area contributed by atoms with Crippen LogP contribution in [-0.2, 0) is 11.1 Å². The van der Waals surface area contributed by atoms with Crippen molar-refractivity contribution in [3.8, 4) is 0 Å². The maximum atomic E-state index is 3.31. The van der Waals surface area contributed by atoms with Gasteiger partial charge in [0.05, 0.1) is 0 Å². The van der Waals surface area contributed by atoms with Crippen molar-refractivity contribution < 1.29 is 0 Å². The molecule has 4 aliphatic carbocycles. The van der Waals surface area contributed by atoms with Crippen molar-refractivity contribution >= 4 is 312 Å². The molecule has 0 radical (unpaired) electrons. The summed E-state index contributed by atoms with van der Waals surface area (Å²) in [6.45, 7) is 3.52. The van der Waals surface area contributed by atoms with E-state index >= 15 is 0 Å². The molecule has 0 unspecified atom stereocenters. The van der Waals surface area contributed by atoms with Crippen molar-refractivity contribution in [1.82, 2.24) is 4.90 Å². The van der Waals surface area contributed by atoms with Gasteiger partial charge < -0.3 is 0 Å². The molecular formula is C70H21NS2. The maximum Gasteiger partial charge on any atom is 0.102 e. The van der Waals surface area contributed by atoms with E-state index in [0.717, 1.165) is 0 Å². The van der Waals surface area contributed by atoms with Crippen LogP contribution in [-0.4, -0.2) is 23.0 Å². The second-order valence-electron chi connectivity index (χ2n) is 26.7. The van der Waals surface area contributed by atoms with E-state index in [2.05, 4.69) is 33.4 Å². The molecule has 28 aromatic rings. The molecule has 0 atom stereocenters. The van der Waals surface area contributed by atoms with Crippen LogP contribution in [0.5, 0.6) is 0 Å². The van der Waals surface area contributed by atoms with Gasteiger partial charge in [-0.1, -0.05) is 47.8 Å². The van der Waals surface area contributed by atoms with Gasteiger partial charge >= 0.3 is 0 Å². The summed E-state index contributed by atoms with van der Waals surface area (Å²) in [6.07, 6.45) is 7.98. The number of hydrogen-bond donors (Lipinski definition) is 0. The lowest BCUT2D eigenvalue weighted by Gasteiger charge is -2.30. The summed E-state index contributed by atoms with van der Waals surface area (Å²) < 4.78 is 0. The monoisotopic (exact) mass is 939 g/mol. The number of unbranched alkanes of at least 4 members (excludes halogenated alkanes) is 4. The van der Waals surface area contributed by atoms with Crippen LogP contribution in [0.2, 0.25) is 0 Å². The van der Waals surface area contributed by atoms with Crippen LogP contribution >= 0.6 is 21.6 Å². The Labute approximate surface area is 411 Å². The number of rotatable bonds is 11. The molecule has 73 heavy (non-hydrogen) atoms. The molecule has 1 aliphatic heterocycles. The molecule has 0 amide bonds. The average Bonchev–Trinajstić information content (AvgIpc) is 3.82. The van der Waals surface area contributed by atoms with Crippen molar-refractivity contribution in [2.45, 2.75) is 56.5 Å². The average molecular weight is 940 g/mol. The first kappa shape index (κ1) is 29.7. The highest BCUT2D eigenvalue weighted by atomic mass is 33.1. The molecule has 33 rings (SSSR count). The van der Waals surface area contributed by atoms with Gasteiger partial charge in [0.15, 0.2) is 0 Å². The molecule has 28 aromatic carbocycles. The summed E-state index contributed by atoms with van der Waals surface area (Å²) in [5, 5.41) is 91.7. The molecule has 318 valence electrons. The molecule has 0 aromatic heterocycles. The Hall–Kier alpha value is -6.88. The smallest absolute Gasteiger partial charge is 0.102 e. The van der Waals surface area contributed by atoms with E-state index < -0.39 is 0 Å². The first-order valence-corrected chi connectivity index (χ1v) is 30.7. The van der Waals surface area contributed by atoms with E-state index in [1.807, 2.05) is 22.3 Å². The number of nitrogens with zero attached hydrogens (tertiary/aromatic N) is 1. The van der Waals surface area contributed by atoms with Gasteiger partial charge in [0.2, 0.25) is 0 Å². The number of hydrogen-bond acceptors (Lipinski definition) is 3. The van der Waals surface area contributed by atoms with E-state index in [-0.39, 0.29) is 11.1 Å². The largest absolute Gasteiger partial charge is 0.271 e. The maximum absolute atomic E-state index is 3.31. The highest BCUT2D eigenvalue weighted by Gasteiger charge is 2.85. The fourth-order valence-corrected chi connectivity index (χ4v) is 27.9. The van der Waals surface area contributed by atoms with Crippen molar-refractivity contribution in [1.29, 1.82) is 0 Å². The predicted molar refractivity (Wildman–Crippen MR) is 319 cm³/mol. The molecule has 3 heteroatoms. The highest BCUT2D eigenvalue weighted by molar-refractivity contribution is 8.76. The summed E-state index contributed by atoms with van der Waals surface area (Å²) in [4.78, 5) is 3.31. The Morgan fingerprint density at radius 1 is 0.219 bits per heavy atom. The Kier molecular flexibility index (Phi) is 2.92. The molecular weight excluding hydrogens is 919 g/mol. The van der Waals surface area contributed by atoms with Crippen LogP contribution in [0.4, 0.5) is 0 Å². The van der Waals surface area contributed by atoms with Crippen LogP contribution in [0, 0.1) is 0 Å². The summed E-state index contributed by atoms with van der Waals surface area (Å²) in [5.74, 6) is 2.60. The van der Waals surface area contributed by atoms with Gasteiger partial charge in [0, 0.05) is 18.1 Å². The summed E-state index contributed by atoms with van der Waals surface area (Å²) in [6, 6.07) is 0. The van der Waals surface area contributed by atoms with E-state index in [1.54, 1.807) is 291 Å². The molecule has 0 N–H and O–H groups in total. The van der Waals surface area contributed by atoms with Crippen LogP contribution in [0.25, 0.3) is 291 Å². The zero-order valence-electron chi connectivity index (χ0n) is 38.6. The van der Waals surface area contributed by atoms with Gasteiger partial charge in [-0.15, -0.1) is 0 Å². The van der Waals surface area contributed by atoms with Gasteiger partial charge in [0.25, 0.3) is 0 Å². The van der Waals surface area contributed by atoms with Crippen molar-refractivity contribution in [2.75, 3.05) is 18.1 Å². The molecule has 0 saturated carbocycles. The summed E-state index contributed by atoms with van der Waals surface area (Å²) in [7, 11) is 4.26. The topological polar surface area (TPSA) is 3.01 Å². The molecule has 1 heterocycles. The fourth-order valence-electron chi connectivity index (χ4n) is 25.6. The Balaban J connectivity index is 0.969. The van der Waals surface area contributed by atoms with Crippen LogP contribution in [0.15, 0.2) is 0 Å². The van der Waals surface area contributed by atoms with E-state index in [9.17, 15) is 0 Å². The first-order valence-electron chi connectivity index (χ1n) is 28.2. The third-order valence-electron chi connectivity index (χ3n) is 26.0. The molecule has 0 bridgehead atoms. The normalized spacial score (nSPS) is 22.9. The minimum Gasteiger partial charge on any atom is -0.271 e. The fraction of sp³-hybridized carbons (Fsp3) is 0.171. The SMILES string of the molecule is CCCCSSCCCCCCN1C23c4c5c6c7c8c9c(c%10c%11c2c2c4c4c%12c5c5c6c6c8c8c%13c9c9c%10c%10c%11c%11c2c2c4c4c%12c%12c5c5c6c8c6c8c%13c9c9c%10c%10c%11c2c2c4c4c%12c5c6c5c8c9c%10c2c45)C713. The van der Waals surface area contributed by atoms with Crippen molar-refractivity contribution in [3.05, 3.63) is 22.3 Å². The zero-order valence-corrected chi connectivity index (χ0v) is 40.3. The second kappa shape index (κ2) is 7.18. The molecule has 5 aliphatic rings. The Bertz CT molecular complexity index is 6580. The van der Waals surface area contributed by atoms with Gasteiger partial charge in [0.1, 0.15) is 11.1 Å². The lowest BCUT2D eigenvalue weighted by Crippen LogP contribution is -2.27. The van der Waals surface area contributed by atoms with Crippen LogP contribution in [0.1, 0.15) is 67.7 Å². The zero-order chi connectivity index (χ0) is 43.8.